The Morgan fingerprint density at radius 1 is 1.05 bits per heavy atom. The van der Waals surface area contributed by atoms with E-state index in [2.05, 4.69) is 15.9 Å². The van der Waals surface area contributed by atoms with Crippen molar-refractivity contribution in [3.8, 4) is 11.5 Å². The first-order valence-corrected chi connectivity index (χ1v) is 7.20. The van der Waals surface area contributed by atoms with Crippen molar-refractivity contribution in [2.45, 2.75) is 13.0 Å². The van der Waals surface area contributed by atoms with Crippen LogP contribution in [0.25, 0.3) is 0 Å². The molecule has 0 bridgehead atoms. The Hall–Kier alpha value is -1.59. The summed E-state index contributed by atoms with van der Waals surface area (Å²) in [4.78, 5) is 0. The van der Waals surface area contributed by atoms with E-state index >= 15 is 0 Å². The summed E-state index contributed by atoms with van der Waals surface area (Å²) in [6.45, 7) is 1.83. The molecule has 0 saturated heterocycles. The Morgan fingerprint density at radius 2 is 1.71 bits per heavy atom. The average molecular weight is 354 g/mol. The fourth-order valence-corrected chi connectivity index (χ4v) is 2.77. The van der Waals surface area contributed by atoms with Gasteiger partial charge in [0.2, 0.25) is 0 Å². The maximum atomic E-state index is 13.2. The smallest absolute Gasteiger partial charge is 0.133 e. The molecular weight excluding hydrogens is 337 g/mol. The minimum absolute atomic E-state index is 0.274. The lowest BCUT2D eigenvalue weighted by atomic mass is 9.95. The molecule has 112 valence electrons. The van der Waals surface area contributed by atoms with E-state index in [1.54, 1.807) is 20.3 Å². The minimum Gasteiger partial charge on any atom is -0.496 e. The Morgan fingerprint density at radius 3 is 2.29 bits per heavy atom. The number of benzene rings is 2. The van der Waals surface area contributed by atoms with Crippen molar-refractivity contribution in [2.24, 2.45) is 5.73 Å². The molecule has 0 heterocycles. The molecule has 0 radical (unpaired) electrons. The van der Waals surface area contributed by atoms with Crippen molar-refractivity contribution in [1.29, 1.82) is 0 Å². The normalized spacial score (nSPS) is 12.1. The summed E-state index contributed by atoms with van der Waals surface area (Å²) in [6.07, 6.45) is 0. The second-order valence-corrected chi connectivity index (χ2v) is 5.56. The van der Waals surface area contributed by atoms with Crippen LogP contribution in [-0.4, -0.2) is 14.2 Å². The van der Waals surface area contributed by atoms with Gasteiger partial charge in [0.05, 0.1) is 24.7 Å². The first-order chi connectivity index (χ1) is 9.97. The summed E-state index contributed by atoms with van der Waals surface area (Å²) in [5, 5.41) is 0. The van der Waals surface area contributed by atoms with Crippen LogP contribution in [0.4, 0.5) is 4.39 Å². The highest BCUT2D eigenvalue weighted by molar-refractivity contribution is 9.10. The van der Waals surface area contributed by atoms with E-state index in [4.69, 9.17) is 15.2 Å². The van der Waals surface area contributed by atoms with Crippen molar-refractivity contribution in [2.75, 3.05) is 14.2 Å². The zero-order valence-corrected chi connectivity index (χ0v) is 13.7. The second-order valence-electron chi connectivity index (χ2n) is 4.71. The number of halogens is 2. The van der Waals surface area contributed by atoms with E-state index in [1.165, 1.54) is 12.1 Å². The van der Waals surface area contributed by atoms with Crippen LogP contribution in [0.15, 0.2) is 34.8 Å². The van der Waals surface area contributed by atoms with Crippen molar-refractivity contribution >= 4 is 15.9 Å². The van der Waals surface area contributed by atoms with E-state index in [1.807, 2.05) is 19.1 Å². The highest BCUT2D eigenvalue weighted by Crippen LogP contribution is 2.37. The molecule has 2 N–H and O–H groups in total. The van der Waals surface area contributed by atoms with E-state index in [0.29, 0.717) is 11.5 Å². The fraction of sp³-hybridized carbons (Fsp3) is 0.250. The van der Waals surface area contributed by atoms with Gasteiger partial charge in [0, 0.05) is 5.56 Å². The maximum Gasteiger partial charge on any atom is 0.133 e. The molecule has 21 heavy (non-hydrogen) atoms. The van der Waals surface area contributed by atoms with Crippen LogP contribution < -0.4 is 15.2 Å². The van der Waals surface area contributed by atoms with E-state index in [0.717, 1.165) is 21.2 Å². The van der Waals surface area contributed by atoms with Gasteiger partial charge in [-0.25, -0.2) is 4.39 Å². The van der Waals surface area contributed by atoms with Gasteiger partial charge in [-0.05, 0) is 58.2 Å². The van der Waals surface area contributed by atoms with E-state index < -0.39 is 6.04 Å². The summed E-state index contributed by atoms with van der Waals surface area (Å²) in [5.74, 6) is 1.05. The molecular formula is C16H17BrFNO2. The van der Waals surface area contributed by atoms with Gasteiger partial charge in [0.1, 0.15) is 17.3 Å². The Kier molecular flexibility index (Phi) is 4.85. The molecule has 2 aromatic carbocycles. The lowest BCUT2D eigenvalue weighted by Gasteiger charge is -2.19. The molecule has 0 amide bonds. The topological polar surface area (TPSA) is 44.5 Å². The third-order valence-corrected chi connectivity index (χ3v) is 4.03. The number of rotatable bonds is 4. The predicted octanol–water partition coefficient (Wildman–Crippen LogP) is 3.96. The van der Waals surface area contributed by atoms with Crippen molar-refractivity contribution in [3.63, 3.8) is 0 Å². The third-order valence-electron chi connectivity index (χ3n) is 3.41. The molecule has 0 saturated carbocycles. The fourth-order valence-electron chi connectivity index (χ4n) is 2.28. The van der Waals surface area contributed by atoms with Crippen LogP contribution in [0.5, 0.6) is 11.5 Å². The van der Waals surface area contributed by atoms with Crippen LogP contribution >= 0.6 is 15.9 Å². The molecule has 0 aliphatic carbocycles. The van der Waals surface area contributed by atoms with Crippen LogP contribution in [0.3, 0.4) is 0 Å². The van der Waals surface area contributed by atoms with Crippen LogP contribution in [0.1, 0.15) is 22.7 Å². The van der Waals surface area contributed by atoms with Gasteiger partial charge in [-0.2, -0.15) is 0 Å². The Bertz CT molecular complexity index is 661. The first-order valence-electron chi connectivity index (χ1n) is 6.41. The molecule has 2 rings (SSSR count). The summed E-state index contributed by atoms with van der Waals surface area (Å²) < 4.78 is 24.7. The molecule has 5 heteroatoms. The summed E-state index contributed by atoms with van der Waals surface area (Å²) >= 11 is 3.42. The first kappa shape index (κ1) is 15.8. The van der Waals surface area contributed by atoms with Gasteiger partial charge in [0.15, 0.2) is 0 Å². The Labute approximate surface area is 132 Å². The molecule has 1 unspecified atom stereocenters. The highest BCUT2D eigenvalue weighted by atomic mass is 79.9. The lowest BCUT2D eigenvalue weighted by Crippen LogP contribution is -2.15. The van der Waals surface area contributed by atoms with Gasteiger partial charge >= 0.3 is 0 Å². The highest BCUT2D eigenvalue weighted by Gasteiger charge is 2.19. The molecule has 0 aliphatic rings. The number of aryl methyl sites for hydroxylation is 1. The van der Waals surface area contributed by atoms with Gasteiger partial charge in [-0.3, -0.25) is 0 Å². The molecule has 3 nitrogen and oxygen atoms in total. The molecule has 0 aliphatic heterocycles. The van der Waals surface area contributed by atoms with E-state index in [9.17, 15) is 4.39 Å². The number of hydrogen-bond acceptors (Lipinski definition) is 3. The summed E-state index contributed by atoms with van der Waals surface area (Å²) in [7, 11) is 3.17. The quantitative estimate of drug-likeness (QED) is 0.904. The lowest BCUT2D eigenvalue weighted by molar-refractivity contribution is 0.395. The average Bonchev–Trinajstić information content (AvgIpc) is 2.46. The van der Waals surface area contributed by atoms with Crippen LogP contribution in [0, 0.1) is 12.7 Å². The van der Waals surface area contributed by atoms with E-state index in [-0.39, 0.29) is 5.82 Å². The number of ether oxygens (including phenoxy) is 2. The van der Waals surface area contributed by atoms with Gasteiger partial charge in [-0.1, -0.05) is 6.07 Å². The van der Waals surface area contributed by atoms with Gasteiger partial charge in [-0.15, -0.1) is 0 Å². The monoisotopic (exact) mass is 353 g/mol. The standard InChI is InChI=1S/C16H17BrFNO2/c1-9-6-10(18)4-5-11(9)16(19)12-7-15(21-3)13(17)8-14(12)20-2/h4-8,16H,19H2,1-3H3. The van der Waals surface area contributed by atoms with Crippen LogP contribution in [0.2, 0.25) is 0 Å². The molecule has 0 fully saturated rings. The molecule has 0 spiro atoms. The number of methoxy groups -OCH3 is 2. The second kappa shape index (κ2) is 6.45. The molecule has 1 atom stereocenters. The Balaban J connectivity index is 2.53. The van der Waals surface area contributed by atoms with Crippen LogP contribution in [-0.2, 0) is 0 Å². The van der Waals surface area contributed by atoms with Crippen molar-refractivity contribution < 1.29 is 13.9 Å². The third kappa shape index (κ3) is 3.19. The summed E-state index contributed by atoms with van der Waals surface area (Å²) in [6, 6.07) is 7.79. The van der Waals surface area contributed by atoms with Crippen molar-refractivity contribution in [3.05, 3.63) is 57.3 Å². The summed E-state index contributed by atoms with van der Waals surface area (Å²) in [5.41, 5.74) is 8.77. The number of nitrogens with two attached hydrogens (primary N) is 1. The molecule has 2 aromatic rings. The minimum atomic E-state index is -0.428. The van der Waals surface area contributed by atoms with Crippen molar-refractivity contribution in [1.82, 2.24) is 0 Å². The molecule has 0 aromatic heterocycles. The largest absolute Gasteiger partial charge is 0.496 e. The van der Waals surface area contributed by atoms with Gasteiger partial charge < -0.3 is 15.2 Å². The number of hydrogen-bond donors (Lipinski definition) is 1. The zero-order chi connectivity index (χ0) is 15.6. The maximum absolute atomic E-state index is 13.2. The predicted molar refractivity (Wildman–Crippen MR) is 84.4 cm³/mol. The SMILES string of the molecule is COc1cc(C(N)c2ccc(F)cc2C)c(OC)cc1Br. The zero-order valence-electron chi connectivity index (χ0n) is 12.1. The van der Waals surface area contributed by atoms with Gasteiger partial charge in [0.25, 0.3) is 0 Å².